The Morgan fingerprint density at radius 1 is 1.07 bits per heavy atom. The van der Waals surface area contributed by atoms with Crippen molar-refractivity contribution in [3.8, 4) is 0 Å². The van der Waals surface area contributed by atoms with E-state index in [9.17, 15) is 42.2 Å². The minimum Gasteiger partial charge on any atom is -0.459 e. The molecule has 18 nitrogen and oxygen atoms in total. The third-order valence-electron chi connectivity index (χ3n) is 15.7. The lowest BCUT2D eigenvalue weighted by Gasteiger charge is -2.50. The Hall–Kier alpha value is -4.05. The quantitative estimate of drug-likeness (QED) is 0.206. The topological polar surface area (TPSA) is 235 Å². The van der Waals surface area contributed by atoms with Gasteiger partial charge in [-0.25, -0.2) is 22.5 Å². The molecule has 1 aromatic carbocycles. The van der Waals surface area contributed by atoms with Gasteiger partial charge >= 0.3 is 11.9 Å². The van der Waals surface area contributed by atoms with Gasteiger partial charge in [-0.3, -0.25) is 24.1 Å². The van der Waals surface area contributed by atoms with Crippen molar-refractivity contribution in [2.45, 2.75) is 186 Å². The van der Waals surface area contributed by atoms with Crippen LogP contribution in [0.15, 0.2) is 40.4 Å². The molecule has 2 bridgehead atoms. The van der Waals surface area contributed by atoms with E-state index in [1.165, 1.54) is 37.8 Å². The molecule has 1 saturated carbocycles. The number of carbonyl (C=O) groups excluding carboxylic acids is 4. The van der Waals surface area contributed by atoms with E-state index in [0.29, 0.717) is 42.8 Å². The number of sulfone groups is 1. The second kappa shape index (κ2) is 24.5. The molecule has 5 rings (SSSR count). The highest BCUT2D eigenvalue weighted by molar-refractivity contribution is 7.90. The van der Waals surface area contributed by atoms with Crippen LogP contribution in [0.3, 0.4) is 0 Å². The number of fused-ring (bicyclic) bond motifs is 5. The Bertz CT molecular complexity index is 2330. The molecule has 0 unspecified atom stereocenters. The first kappa shape index (κ1) is 58.8. The van der Waals surface area contributed by atoms with Gasteiger partial charge < -0.3 is 33.9 Å². The van der Waals surface area contributed by atoms with Gasteiger partial charge in [-0.05, 0) is 94.9 Å². The predicted octanol–water partition coefficient (Wildman–Crippen LogP) is 6.01. The lowest BCUT2D eigenvalue weighted by Crippen LogP contribution is -2.59. The number of halogens is 1. The predicted molar refractivity (Wildman–Crippen MR) is 265 cm³/mol. The lowest BCUT2D eigenvalue weighted by atomic mass is 9.65. The first-order valence-corrected chi connectivity index (χ1v) is 27.3. The SMILES string of the molecule is CC[C@H]1OC(=O)[C@H](C)[C@@H](O)[C@H](C)[C@@H](O[C@@H]2O[C@H](C)C[C@H](N(C)CCc3cn([C@H](CF)[C@H](OC)c4ccc(S(C)(=O)=O)cc4)nn3)[C@H]2OC(C)=O)[C@]2(C)CCC(=O)CC[C@H]([C@@H](C)/C(=N/C(C)=O)[C@H](C)C2)[C@]1(C)O. The average Bonchev–Trinajstić information content (AvgIpc) is 3.78. The number of likely N-dealkylation sites (N-methyl/N-ethyl adjacent to an activating group) is 1. The number of esters is 2. The van der Waals surface area contributed by atoms with Crippen LogP contribution in [0.2, 0.25) is 0 Å². The number of alkyl halides is 1. The molecule has 2 aliphatic heterocycles. The molecular weight excluding hydrogens is 954 g/mol. The summed E-state index contributed by atoms with van der Waals surface area (Å²) in [5.74, 6) is -5.26. The maximum Gasteiger partial charge on any atom is 0.311 e. The summed E-state index contributed by atoms with van der Waals surface area (Å²) in [5, 5.41) is 33.2. The van der Waals surface area contributed by atoms with Crippen molar-refractivity contribution in [1.29, 1.82) is 0 Å². The fourth-order valence-electron chi connectivity index (χ4n) is 11.7. The van der Waals surface area contributed by atoms with Crippen molar-refractivity contribution in [3.05, 3.63) is 41.7 Å². The monoisotopic (exact) mass is 1030 g/mol. The summed E-state index contributed by atoms with van der Waals surface area (Å²) in [5.41, 5.74) is -0.971. The lowest BCUT2D eigenvalue weighted by molar-refractivity contribution is -0.296. The van der Waals surface area contributed by atoms with Gasteiger partial charge in [-0.15, -0.1) is 5.10 Å². The third kappa shape index (κ3) is 13.8. The first-order chi connectivity index (χ1) is 33.7. The molecule has 3 aliphatic rings. The van der Waals surface area contributed by atoms with Crippen molar-refractivity contribution in [2.75, 3.05) is 33.6 Å². The summed E-state index contributed by atoms with van der Waals surface area (Å²) in [6.07, 6.45) is -1.95. The summed E-state index contributed by atoms with van der Waals surface area (Å²) < 4.78 is 72.0. The van der Waals surface area contributed by atoms with Crippen LogP contribution in [0.5, 0.6) is 0 Å². The van der Waals surface area contributed by atoms with E-state index in [1.54, 1.807) is 46.0 Å². The zero-order valence-electron chi connectivity index (χ0n) is 44.4. The number of ether oxygens (including phenoxy) is 5. The fourth-order valence-corrected chi connectivity index (χ4v) is 12.3. The van der Waals surface area contributed by atoms with Crippen molar-refractivity contribution >= 4 is 39.2 Å². The van der Waals surface area contributed by atoms with Crippen molar-refractivity contribution in [1.82, 2.24) is 19.9 Å². The molecule has 1 aliphatic carbocycles. The number of rotatable bonds is 14. The number of aliphatic hydroxyl groups excluding tert-OH is 1. The van der Waals surface area contributed by atoms with Crippen LogP contribution in [-0.2, 0) is 59.1 Å². The molecule has 1 amide bonds. The van der Waals surface area contributed by atoms with Gasteiger partial charge in [0.05, 0.1) is 40.9 Å². The van der Waals surface area contributed by atoms with E-state index in [2.05, 4.69) is 15.3 Å². The van der Waals surface area contributed by atoms with Crippen LogP contribution in [0.25, 0.3) is 0 Å². The maximum absolute atomic E-state index is 14.8. The smallest absolute Gasteiger partial charge is 0.311 e. The van der Waals surface area contributed by atoms with Crippen LogP contribution in [0.1, 0.15) is 138 Å². The van der Waals surface area contributed by atoms with Crippen molar-refractivity contribution in [2.24, 2.45) is 40.0 Å². The van der Waals surface area contributed by atoms with Gasteiger partial charge in [0.1, 0.15) is 36.3 Å². The number of aliphatic hydroxyl groups is 2. The normalized spacial score (nSPS) is 34.9. The van der Waals surface area contributed by atoms with E-state index >= 15 is 0 Å². The molecule has 2 N–H and O–H groups in total. The molecule has 20 heteroatoms. The van der Waals surface area contributed by atoms with Crippen LogP contribution >= 0.6 is 0 Å². The molecular formula is C52H80FN5O13S. The molecule has 72 heavy (non-hydrogen) atoms. The maximum atomic E-state index is 14.8. The third-order valence-corrected chi connectivity index (χ3v) is 16.8. The zero-order chi connectivity index (χ0) is 53.6. The van der Waals surface area contributed by atoms with Gasteiger partial charge in [0.25, 0.3) is 0 Å². The van der Waals surface area contributed by atoms with Crippen LogP contribution in [0, 0.1) is 35.0 Å². The highest BCUT2D eigenvalue weighted by Crippen LogP contribution is 2.47. The van der Waals surface area contributed by atoms with Gasteiger partial charge in [-0.2, -0.15) is 0 Å². The average molecular weight is 1030 g/mol. The molecule has 404 valence electrons. The molecule has 0 spiro atoms. The Labute approximate surface area is 425 Å². The summed E-state index contributed by atoms with van der Waals surface area (Å²) >= 11 is 0. The van der Waals surface area contributed by atoms with Crippen LogP contribution in [0.4, 0.5) is 4.39 Å². The van der Waals surface area contributed by atoms with Gasteiger partial charge in [-0.1, -0.05) is 52.0 Å². The first-order valence-electron chi connectivity index (χ1n) is 25.4. The minimum absolute atomic E-state index is 0.0453. The summed E-state index contributed by atoms with van der Waals surface area (Å²) in [6.45, 7) is 16.6. The Morgan fingerprint density at radius 2 is 1.74 bits per heavy atom. The number of hydrogen-bond acceptors (Lipinski definition) is 16. The Balaban J connectivity index is 1.50. The molecule has 16 atom stereocenters. The van der Waals surface area contributed by atoms with E-state index in [-0.39, 0.29) is 42.8 Å². The van der Waals surface area contributed by atoms with E-state index in [4.69, 9.17) is 23.7 Å². The van der Waals surface area contributed by atoms with E-state index in [0.717, 1.165) is 6.26 Å². The molecule has 2 saturated heterocycles. The number of aliphatic imine (C=N–C) groups is 1. The van der Waals surface area contributed by atoms with Gasteiger partial charge in [0, 0.05) is 76.8 Å². The number of cyclic esters (lactones) is 1. The standard InChI is InChI=1S/C52H80FN5O13S/c1-14-43-52(10,64)40-20-17-38(61)21-23-51(9,26-29(2)44(31(40)4)54-34(7)59)48(32(5)45(62)33(6)49(63)70-43)71-50-47(69-35(8)60)41(25-30(3)68-50)57(11)24-22-37-28-58(56-55-37)42(27-53)46(67-12)36-15-18-39(19-16-36)72(13,65)66/h15-16,18-19,28-33,40-43,45-48,50,62,64H,14,17,20-27H2,1-13H3/b54-44+/t29-,30-,31-,32+,33-,40-,41+,42-,43-,45+,46-,47-,48-,50+,51-,52+/m1/s1. The number of Topliss-reactive ketones (excluding diaryl/α,β-unsaturated/α-hetero) is 1. The number of ketones is 1. The minimum atomic E-state index is -3.45. The summed E-state index contributed by atoms with van der Waals surface area (Å²) in [6, 6.07) is 4.66. The molecule has 0 radical (unpaired) electrons. The van der Waals surface area contributed by atoms with E-state index < -0.39 is 130 Å². The molecule has 1 aromatic heterocycles. The van der Waals surface area contributed by atoms with Crippen molar-refractivity contribution in [3.63, 3.8) is 0 Å². The van der Waals surface area contributed by atoms with Crippen LogP contribution < -0.4 is 0 Å². The number of nitrogens with zero attached hydrogens (tertiary/aromatic N) is 5. The molecule has 2 aromatic rings. The molecule has 3 fully saturated rings. The number of benzene rings is 1. The van der Waals surface area contributed by atoms with E-state index in [1.807, 2.05) is 39.6 Å². The Morgan fingerprint density at radius 3 is 2.32 bits per heavy atom. The second-order valence-corrected chi connectivity index (χ2v) is 23.4. The van der Waals surface area contributed by atoms with Gasteiger partial charge in [0.2, 0.25) is 5.91 Å². The highest BCUT2D eigenvalue weighted by atomic mass is 32.2. The summed E-state index contributed by atoms with van der Waals surface area (Å²) in [7, 11) is -0.138. The zero-order valence-corrected chi connectivity index (χ0v) is 45.3. The van der Waals surface area contributed by atoms with Crippen molar-refractivity contribution < 1.29 is 65.9 Å². The number of hydrogen-bond donors (Lipinski definition) is 2. The number of aromatic nitrogens is 3. The van der Waals surface area contributed by atoms with Gasteiger partial charge in [0.15, 0.2) is 22.2 Å². The second-order valence-electron chi connectivity index (χ2n) is 21.4. The number of methoxy groups -OCH3 is 1. The highest BCUT2D eigenvalue weighted by Gasteiger charge is 2.53. The van der Waals surface area contributed by atoms with Crippen LogP contribution in [-0.4, -0.2) is 150 Å². The largest absolute Gasteiger partial charge is 0.459 e. The fraction of sp³-hybridized carbons (Fsp3) is 0.750. The number of amides is 1. The number of carbonyl (C=O) groups is 4. The Kier molecular flexibility index (Phi) is 20.0. The molecule has 3 heterocycles. The summed E-state index contributed by atoms with van der Waals surface area (Å²) in [4.78, 5) is 60.7.